The lowest BCUT2D eigenvalue weighted by molar-refractivity contribution is -0.156. The van der Waals surface area contributed by atoms with Crippen LogP contribution in [0.1, 0.15) is 11.1 Å². The SMILES string of the molecule is Cc1ccc(F)c(CN2CCOC(C(=O)O)C2)c1. The van der Waals surface area contributed by atoms with E-state index in [9.17, 15) is 9.18 Å². The highest BCUT2D eigenvalue weighted by atomic mass is 19.1. The number of ether oxygens (including phenoxy) is 1. The van der Waals surface area contributed by atoms with Crippen LogP contribution in [0.3, 0.4) is 0 Å². The predicted octanol–water partition coefficient (Wildman–Crippen LogP) is 1.42. The molecule has 0 bridgehead atoms. The zero-order valence-electron chi connectivity index (χ0n) is 10.2. The molecule has 18 heavy (non-hydrogen) atoms. The molecule has 1 unspecified atom stereocenters. The zero-order valence-corrected chi connectivity index (χ0v) is 10.2. The maximum atomic E-state index is 13.6. The zero-order chi connectivity index (χ0) is 13.1. The van der Waals surface area contributed by atoms with E-state index in [0.29, 0.717) is 31.8 Å². The van der Waals surface area contributed by atoms with Crippen LogP contribution >= 0.6 is 0 Å². The molecule has 0 saturated carbocycles. The lowest BCUT2D eigenvalue weighted by atomic mass is 10.1. The van der Waals surface area contributed by atoms with Crippen molar-refractivity contribution < 1.29 is 19.0 Å². The van der Waals surface area contributed by atoms with Gasteiger partial charge in [0, 0.05) is 25.2 Å². The summed E-state index contributed by atoms with van der Waals surface area (Å²) < 4.78 is 18.7. The molecular formula is C13H16FNO3. The Kier molecular flexibility index (Phi) is 3.93. The van der Waals surface area contributed by atoms with Crippen molar-refractivity contribution in [2.24, 2.45) is 0 Å². The van der Waals surface area contributed by atoms with Crippen molar-refractivity contribution in [1.29, 1.82) is 0 Å². The summed E-state index contributed by atoms with van der Waals surface area (Å²) in [5.74, 6) is -1.22. The standard InChI is InChI=1S/C13H16FNO3/c1-9-2-3-11(14)10(6-9)7-15-4-5-18-12(8-15)13(16)17/h2-3,6,12H,4-5,7-8H2,1H3,(H,16,17). The third kappa shape index (κ3) is 3.05. The molecule has 0 spiro atoms. The van der Waals surface area contributed by atoms with Gasteiger partial charge in [-0.05, 0) is 13.0 Å². The molecule has 1 saturated heterocycles. The van der Waals surface area contributed by atoms with Gasteiger partial charge in [0.05, 0.1) is 6.61 Å². The molecule has 4 nitrogen and oxygen atoms in total. The second-order valence-corrected chi connectivity index (χ2v) is 4.53. The minimum absolute atomic E-state index is 0.251. The van der Waals surface area contributed by atoms with Crippen molar-refractivity contribution in [2.45, 2.75) is 19.6 Å². The smallest absolute Gasteiger partial charge is 0.334 e. The topological polar surface area (TPSA) is 49.8 Å². The number of morpholine rings is 1. The monoisotopic (exact) mass is 253 g/mol. The number of carboxylic acids is 1. The van der Waals surface area contributed by atoms with Crippen LogP contribution in [0.4, 0.5) is 4.39 Å². The average Bonchev–Trinajstić information content (AvgIpc) is 2.34. The maximum absolute atomic E-state index is 13.6. The molecule has 1 aromatic rings. The molecule has 0 radical (unpaired) electrons. The molecule has 5 heteroatoms. The third-order valence-corrected chi connectivity index (χ3v) is 3.02. The molecule has 0 aliphatic carbocycles. The van der Waals surface area contributed by atoms with Crippen LogP contribution in [0, 0.1) is 12.7 Å². The van der Waals surface area contributed by atoms with Crippen LogP contribution < -0.4 is 0 Å². The number of halogens is 1. The summed E-state index contributed by atoms with van der Waals surface area (Å²) in [6.07, 6.45) is -0.813. The van der Waals surface area contributed by atoms with E-state index in [-0.39, 0.29) is 5.82 Å². The first kappa shape index (κ1) is 13.0. The van der Waals surface area contributed by atoms with Crippen molar-refractivity contribution in [1.82, 2.24) is 4.90 Å². The number of carbonyl (C=O) groups is 1. The quantitative estimate of drug-likeness (QED) is 0.885. The number of aliphatic carboxylic acids is 1. The van der Waals surface area contributed by atoms with E-state index in [4.69, 9.17) is 9.84 Å². The number of benzene rings is 1. The Morgan fingerprint density at radius 3 is 3.11 bits per heavy atom. The van der Waals surface area contributed by atoms with Crippen molar-refractivity contribution >= 4 is 5.97 Å². The Bertz CT molecular complexity index is 450. The van der Waals surface area contributed by atoms with E-state index < -0.39 is 12.1 Å². The molecular weight excluding hydrogens is 237 g/mol. The second kappa shape index (κ2) is 5.46. The molecule has 1 aliphatic heterocycles. The molecule has 2 rings (SSSR count). The van der Waals surface area contributed by atoms with E-state index in [2.05, 4.69) is 0 Å². The summed E-state index contributed by atoms with van der Waals surface area (Å²) in [7, 11) is 0. The number of hydrogen-bond acceptors (Lipinski definition) is 3. The number of aryl methyl sites for hydroxylation is 1. The largest absolute Gasteiger partial charge is 0.479 e. The van der Waals surface area contributed by atoms with Crippen LogP contribution in [0.2, 0.25) is 0 Å². The first-order chi connectivity index (χ1) is 8.56. The van der Waals surface area contributed by atoms with Crippen molar-refractivity contribution in [3.05, 3.63) is 35.1 Å². The summed E-state index contributed by atoms with van der Waals surface area (Å²) in [4.78, 5) is 12.8. The van der Waals surface area contributed by atoms with Gasteiger partial charge in [-0.1, -0.05) is 17.7 Å². The first-order valence-electron chi connectivity index (χ1n) is 5.88. The molecule has 1 aromatic carbocycles. The fraction of sp³-hybridized carbons (Fsp3) is 0.462. The fourth-order valence-corrected chi connectivity index (χ4v) is 2.06. The van der Waals surface area contributed by atoms with E-state index in [1.165, 1.54) is 6.07 Å². The Hall–Kier alpha value is -1.46. The van der Waals surface area contributed by atoms with Gasteiger partial charge >= 0.3 is 5.97 Å². The van der Waals surface area contributed by atoms with Gasteiger partial charge in [0.15, 0.2) is 6.10 Å². The van der Waals surface area contributed by atoms with E-state index in [0.717, 1.165) is 5.56 Å². The Morgan fingerprint density at radius 2 is 2.39 bits per heavy atom. The van der Waals surface area contributed by atoms with E-state index in [1.807, 2.05) is 11.8 Å². The molecule has 98 valence electrons. The van der Waals surface area contributed by atoms with E-state index in [1.54, 1.807) is 12.1 Å². The Balaban J connectivity index is 2.04. The van der Waals surface area contributed by atoms with Crippen LogP contribution in [0.15, 0.2) is 18.2 Å². The average molecular weight is 253 g/mol. The van der Waals surface area contributed by atoms with Gasteiger partial charge in [-0.3, -0.25) is 4.90 Å². The van der Waals surface area contributed by atoms with Crippen LogP contribution in [-0.4, -0.2) is 41.8 Å². The molecule has 0 amide bonds. The molecule has 1 aliphatic rings. The van der Waals surface area contributed by atoms with Crippen LogP contribution in [0.5, 0.6) is 0 Å². The first-order valence-corrected chi connectivity index (χ1v) is 5.88. The number of hydrogen-bond donors (Lipinski definition) is 1. The summed E-state index contributed by atoms with van der Waals surface area (Å²) in [5.41, 5.74) is 1.59. The summed E-state index contributed by atoms with van der Waals surface area (Å²) in [6, 6.07) is 4.96. The predicted molar refractivity (Wildman–Crippen MR) is 63.8 cm³/mol. The highest BCUT2D eigenvalue weighted by molar-refractivity contribution is 5.72. The van der Waals surface area contributed by atoms with Gasteiger partial charge in [-0.15, -0.1) is 0 Å². The summed E-state index contributed by atoms with van der Waals surface area (Å²) in [5, 5.41) is 8.90. The van der Waals surface area contributed by atoms with Gasteiger partial charge in [-0.25, -0.2) is 9.18 Å². The lowest BCUT2D eigenvalue weighted by Gasteiger charge is -2.30. The Labute approximate surface area is 105 Å². The normalized spacial score (nSPS) is 20.9. The Morgan fingerprint density at radius 1 is 1.61 bits per heavy atom. The van der Waals surface area contributed by atoms with Crippen molar-refractivity contribution in [2.75, 3.05) is 19.7 Å². The minimum Gasteiger partial charge on any atom is -0.479 e. The number of rotatable bonds is 3. The molecule has 1 fully saturated rings. The molecule has 0 aromatic heterocycles. The van der Waals surface area contributed by atoms with Gasteiger partial charge in [0.2, 0.25) is 0 Å². The molecule has 1 heterocycles. The molecule has 1 N–H and O–H groups in total. The van der Waals surface area contributed by atoms with Gasteiger partial charge in [-0.2, -0.15) is 0 Å². The van der Waals surface area contributed by atoms with Crippen molar-refractivity contribution in [3.63, 3.8) is 0 Å². The lowest BCUT2D eigenvalue weighted by Crippen LogP contribution is -2.45. The number of nitrogens with zero attached hydrogens (tertiary/aromatic N) is 1. The highest BCUT2D eigenvalue weighted by Crippen LogP contribution is 2.15. The minimum atomic E-state index is -0.968. The summed E-state index contributed by atoms with van der Waals surface area (Å²) in [6.45, 7) is 3.60. The van der Waals surface area contributed by atoms with Gasteiger partial charge < -0.3 is 9.84 Å². The number of carboxylic acid groups (broad SMARTS) is 1. The highest BCUT2D eigenvalue weighted by Gasteiger charge is 2.26. The van der Waals surface area contributed by atoms with Gasteiger partial charge in [0.1, 0.15) is 5.82 Å². The van der Waals surface area contributed by atoms with Crippen molar-refractivity contribution in [3.8, 4) is 0 Å². The summed E-state index contributed by atoms with van der Waals surface area (Å²) >= 11 is 0. The third-order valence-electron chi connectivity index (χ3n) is 3.02. The van der Waals surface area contributed by atoms with Crippen LogP contribution in [0.25, 0.3) is 0 Å². The van der Waals surface area contributed by atoms with Crippen LogP contribution in [-0.2, 0) is 16.1 Å². The second-order valence-electron chi connectivity index (χ2n) is 4.53. The van der Waals surface area contributed by atoms with Gasteiger partial charge in [0.25, 0.3) is 0 Å². The maximum Gasteiger partial charge on any atom is 0.334 e. The molecule has 1 atom stereocenters. The fourth-order valence-electron chi connectivity index (χ4n) is 2.06. The van der Waals surface area contributed by atoms with E-state index >= 15 is 0 Å².